The van der Waals surface area contributed by atoms with Crippen molar-refractivity contribution >= 4 is 23.4 Å². The van der Waals surface area contributed by atoms with Gasteiger partial charge in [-0.25, -0.2) is 4.79 Å². The highest BCUT2D eigenvalue weighted by Gasteiger charge is 2.37. The predicted octanol–water partition coefficient (Wildman–Crippen LogP) is 2.31. The van der Waals surface area contributed by atoms with Gasteiger partial charge in [0.2, 0.25) is 0 Å². The topological polar surface area (TPSA) is 69.6 Å². The van der Waals surface area contributed by atoms with Crippen LogP contribution in [0.15, 0.2) is 17.1 Å². The summed E-state index contributed by atoms with van der Waals surface area (Å²) < 4.78 is 11.1. The SMILES string of the molecule is Cc1ccc(C(CNC2=NCC3CN(C(=O)OC(C)(C)C)CCN23)N2CCOCC2)s1. The first-order valence-corrected chi connectivity index (χ1v) is 12.0. The maximum atomic E-state index is 12.5. The number of guanidine groups is 1. The maximum absolute atomic E-state index is 12.5. The standard InChI is InChI=1S/C22H35N5O3S/c1-16-5-6-19(31-16)18(25-9-11-29-12-10-25)14-24-20-23-13-17-15-26(7-8-27(17)20)21(28)30-22(2,3)4/h5-6,17-18H,7-15H2,1-4H3,(H,23,24). The minimum Gasteiger partial charge on any atom is -0.444 e. The number of aryl methyl sites for hydroxylation is 1. The van der Waals surface area contributed by atoms with Gasteiger partial charge in [0.1, 0.15) is 5.60 Å². The molecule has 2 unspecified atom stereocenters. The first kappa shape index (κ1) is 22.4. The lowest BCUT2D eigenvalue weighted by atomic mass is 10.1. The number of nitrogens with one attached hydrogen (secondary N) is 1. The lowest BCUT2D eigenvalue weighted by Crippen LogP contribution is -2.58. The van der Waals surface area contributed by atoms with Crippen molar-refractivity contribution in [3.63, 3.8) is 0 Å². The van der Waals surface area contributed by atoms with Crippen molar-refractivity contribution in [2.45, 2.75) is 45.4 Å². The number of nitrogens with zero attached hydrogens (tertiary/aromatic N) is 4. The highest BCUT2D eigenvalue weighted by Crippen LogP contribution is 2.28. The Kier molecular flexibility index (Phi) is 6.74. The summed E-state index contributed by atoms with van der Waals surface area (Å²) in [5.41, 5.74) is -0.470. The summed E-state index contributed by atoms with van der Waals surface area (Å²) in [5.74, 6) is 0.959. The van der Waals surface area contributed by atoms with Crippen LogP contribution in [0.2, 0.25) is 0 Å². The minimum atomic E-state index is -0.470. The summed E-state index contributed by atoms with van der Waals surface area (Å²) in [7, 11) is 0. The van der Waals surface area contributed by atoms with Crippen LogP contribution in [0.3, 0.4) is 0 Å². The van der Waals surface area contributed by atoms with Gasteiger partial charge in [-0.1, -0.05) is 0 Å². The summed E-state index contributed by atoms with van der Waals surface area (Å²) in [6.45, 7) is 15.0. The second-order valence-corrected chi connectivity index (χ2v) is 10.8. The Morgan fingerprint density at radius 3 is 2.74 bits per heavy atom. The van der Waals surface area contributed by atoms with E-state index in [0.29, 0.717) is 25.7 Å². The van der Waals surface area contributed by atoms with E-state index in [4.69, 9.17) is 14.5 Å². The fourth-order valence-electron chi connectivity index (χ4n) is 4.34. The molecule has 1 aromatic heterocycles. The molecule has 1 N–H and O–H groups in total. The van der Waals surface area contributed by atoms with Crippen molar-refractivity contribution in [3.05, 3.63) is 21.9 Å². The number of rotatable bonds is 4. The molecule has 2 fully saturated rings. The highest BCUT2D eigenvalue weighted by atomic mass is 32.1. The number of hydrogen-bond acceptors (Lipinski definition) is 8. The van der Waals surface area contributed by atoms with E-state index < -0.39 is 5.60 Å². The van der Waals surface area contributed by atoms with E-state index in [1.54, 1.807) is 0 Å². The summed E-state index contributed by atoms with van der Waals surface area (Å²) in [4.78, 5) is 26.6. The number of morpholine rings is 1. The largest absolute Gasteiger partial charge is 0.444 e. The van der Waals surface area contributed by atoms with Crippen LogP contribution in [0.4, 0.5) is 4.79 Å². The molecule has 2 saturated heterocycles. The number of carbonyl (C=O) groups excluding carboxylic acids is 1. The Labute approximate surface area is 189 Å². The molecule has 4 rings (SSSR count). The molecular formula is C22H35N5O3S. The van der Waals surface area contributed by atoms with Gasteiger partial charge in [-0.3, -0.25) is 9.89 Å². The molecule has 172 valence electrons. The molecule has 1 aromatic rings. The molecule has 2 atom stereocenters. The Hall–Kier alpha value is -1.84. The van der Waals surface area contributed by atoms with Gasteiger partial charge in [-0.05, 0) is 39.8 Å². The van der Waals surface area contributed by atoms with Crippen LogP contribution in [0.5, 0.6) is 0 Å². The number of fused-ring (bicyclic) bond motifs is 1. The number of thiophene rings is 1. The van der Waals surface area contributed by atoms with Gasteiger partial charge < -0.3 is 24.6 Å². The zero-order valence-corrected chi connectivity index (χ0v) is 19.9. The van der Waals surface area contributed by atoms with E-state index in [-0.39, 0.29) is 12.1 Å². The first-order valence-electron chi connectivity index (χ1n) is 11.2. The number of hydrogen-bond donors (Lipinski definition) is 1. The Morgan fingerprint density at radius 1 is 1.29 bits per heavy atom. The number of aliphatic imine (C=N–C) groups is 1. The van der Waals surface area contributed by atoms with Gasteiger partial charge in [0.05, 0.1) is 31.8 Å². The van der Waals surface area contributed by atoms with Crippen LogP contribution in [0.1, 0.15) is 36.6 Å². The quantitative estimate of drug-likeness (QED) is 0.761. The molecule has 3 aliphatic heterocycles. The fourth-order valence-corrected chi connectivity index (χ4v) is 5.35. The zero-order chi connectivity index (χ0) is 22.0. The van der Waals surface area contributed by atoms with Gasteiger partial charge in [-0.2, -0.15) is 0 Å². The number of carbonyl (C=O) groups is 1. The van der Waals surface area contributed by atoms with Crippen molar-refractivity contribution in [1.29, 1.82) is 0 Å². The van der Waals surface area contributed by atoms with Gasteiger partial charge in [0.25, 0.3) is 0 Å². The summed E-state index contributed by atoms with van der Waals surface area (Å²) in [6, 6.07) is 4.98. The lowest BCUT2D eigenvalue weighted by Gasteiger charge is -2.40. The molecule has 4 heterocycles. The molecule has 31 heavy (non-hydrogen) atoms. The molecule has 0 spiro atoms. The molecular weight excluding hydrogens is 414 g/mol. The number of amides is 1. The second-order valence-electron chi connectivity index (χ2n) is 9.43. The average Bonchev–Trinajstić information content (AvgIpc) is 3.33. The maximum Gasteiger partial charge on any atom is 0.410 e. The number of ether oxygens (including phenoxy) is 2. The van der Waals surface area contributed by atoms with Crippen LogP contribution < -0.4 is 5.32 Å². The third kappa shape index (κ3) is 5.51. The van der Waals surface area contributed by atoms with Crippen LogP contribution in [0.25, 0.3) is 0 Å². The summed E-state index contributed by atoms with van der Waals surface area (Å²) in [5, 5.41) is 3.63. The number of piperazine rings is 1. The Morgan fingerprint density at radius 2 is 2.06 bits per heavy atom. The van der Waals surface area contributed by atoms with E-state index >= 15 is 0 Å². The molecule has 1 amide bonds. The average molecular weight is 450 g/mol. The van der Waals surface area contributed by atoms with Crippen molar-refractivity contribution in [2.24, 2.45) is 4.99 Å². The van der Waals surface area contributed by atoms with Gasteiger partial charge in [-0.15, -0.1) is 11.3 Å². The van der Waals surface area contributed by atoms with Crippen molar-refractivity contribution in [2.75, 3.05) is 59.0 Å². The lowest BCUT2D eigenvalue weighted by molar-refractivity contribution is 0.0130. The van der Waals surface area contributed by atoms with E-state index in [0.717, 1.165) is 45.4 Å². The van der Waals surface area contributed by atoms with E-state index in [1.165, 1.54) is 9.75 Å². The molecule has 8 nitrogen and oxygen atoms in total. The van der Waals surface area contributed by atoms with E-state index in [9.17, 15) is 4.79 Å². The van der Waals surface area contributed by atoms with Crippen molar-refractivity contribution in [3.8, 4) is 0 Å². The zero-order valence-electron chi connectivity index (χ0n) is 19.1. The summed E-state index contributed by atoms with van der Waals surface area (Å²) in [6.07, 6.45) is -0.228. The van der Waals surface area contributed by atoms with Crippen LogP contribution >= 0.6 is 11.3 Å². The summed E-state index contributed by atoms with van der Waals surface area (Å²) >= 11 is 1.87. The molecule has 0 bridgehead atoms. The fraction of sp³-hybridized carbons (Fsp3) is 0.727. The van der Waals surface area contributed by atoms with Crippen LogP contribution in [-0.2, 0) is 9.47 Å². The molecule has 9 heteroatoms. The smallest absolute Gasteiger partial charge is 0.410 e. The van der Waals surface area contributed by atoms with Crippen LogP contribution in [-0.4, -0.2) is 97.4 Å². The third-order valence-electron chi connectivity index (χ3n) is 5.89. The predicted molar refractivity (Wildman–Crippen MR) is 123 cm³/mol. The Balaban J connectivity index is 1.35. The van der Waals surface area contributed by atoms with E-state index in [1.807, 2.05) is 37.0 Å². The molecule has 0 aliphatic carbocycles. The molecule has 0 aromatic carbocycles. The van der Waals surface area contributed by atoms with Gasteiger partial charge in [0.15, 0.2) is 5.96 Å². The van der Waals surface area contributed by atoms with Crippen molar-refractivity contribution in [1.82, 2.24) is 20.0 Å². The first-order chi connectivity index (χ1) is 14.8. The van der Waals surface area contributed by atoms with Gasteiger partial charge >= 0.3 is 6.09 Å². The minimum absolute atomic E-state index is 0.217. The van der Waals surface area contributed by atoms with Crippen LogP contribution in [0, 0.1) is 6.92 Å². The monoisotopic (exact) mass is 449 g/mol. The van der Waals surface area contributed by atoms with Gasteiger partial charge in [0, 0.05) is 49.0 Å². The molecule has 3 aliphatic rings. The van der Waals surface area contributed by atoms with Crippen molar-refractivity contribution < 1.29 is 14.3 Å². The normalized spacial score (nSPS) is 23.4. The molecule has 0 saturated carbocycles. The molecule has 0 radical (unpaired) electrons. The highest BCUT2D eigenvalue weighted by molar-refractivity contribution is 7.12. The third-order valence-corrected chi connectivity index (χ3v) is 6.99. The second kappa shape index (κ2) is 9.34. The van der Waals surface area contributed by atoms with E-state index in [2.05, 4.69) is 34.2 Å². The Bertz CT molecular complexity index is 799.